The molecule has 0 aromatic heterocycles. The van der Waals surface area contributed by atoms with Crippen molar-refractivity contribution in [1.29, 1.82) is 0 Å². The zero-order valence-electron chi connectivity index (χ0n) is 13.9. The normalized spacial score (nSPS) is 11.7. The highest BCUT2D eigenvalue weighted by molar-refractivity contribution is 7.99. The van der Waals surface area contributed by atoms with Crippen LogP contribution in [0.15, 0.2) is 59.5 Å². The van der Waals surface area contributed by atoms with E-state index in [9.17, 15) is 18.4 Å². The highest BCUT2D eigenvalue weighted by Gasteiger charge is 2.17. The van der Waals surface area contributed by atoms with Gasteiger partial charge >= 0.3 is 5.97 Å². The molecule has 1 amide bonds. The number of amides is 1. The Hall–Kier alpha value is -2.61. The molecule has 5 nitrogen and oxygen atoms in total. The Balaban J connectivity index is 1.76. The lowest BCUT2D eigenvalue weighted by Crippen LogP contribution is -2.29. The molecule has 0 saturated heterocycles. The number of carbonyl (C=O) groups is 2. The molecule has 8 heteroatoms. The van der Waals surface area contributed by atoms with Crippen molar-refractivity contribution >= 4 is 29.3 Å². The van der Waals surface area contributed by atoms with E-state index in [1.807, 2.05) is 6.07 Å². The summed E-state index contributed by atoms with van der Waals surface area (Å²) < 4.78 is 34.8. The monoisotopic (exact) mass is 381 g/mol. The molecule has 0 heterocycles. The maximum absolute atomic E-state index is 12.2. The van der Waals surface area contributed by atoms with Crippen molar-refractivity contribution < 1.29 is 27.8 Å². The highest BCUT2D eigenvalue weighted by atomic mass is 32.2. The molecular weight excluding hydrogens is 364 g/mol. The van der Waals surface area contributed by atoms with Gasteiger partial charge in [-0.25, -0.2) is 4.79 Å². The minimum absolute atomic E-state index is 0.385. The minimum atomic E-state index is -2.50. The molecular formula is C18H17F2NO4S. The molecule has 0 fully saturated rings. The van der Waals surface area contributed by atoms with Gasteiger partial charge in [-0.3, -0.25) is 4.79 Å². The van der Waals surface area contributed by atoms with Crippen molar-refractivity contribution in [2.75, 3.05) is 11.9 Å². The summed E-state index contributed by atoms with van der Waals surface area (Å²) in [6, 6.07) is 14.7. The standard InChI is InChI=1S/C18H17F2NO4S/c1-12(25-14-5-3-2-4-6-14)17(23)24-11-16(22)21-13-7-9-15(10-8-13)26-18(19)20/h2-10,12,18H,11H2,1H3,(H,21,22). The first kappa shape index (κ1) is 19.7. The molecule has 0 radical (unpaired) electrons. The van der Waals surface area contributed by atoms with Crippen LogP contribution in [-0.2, 0) is 14.3 Å². The number of anilines is 1. The Morgan fingerprint density at radius 3 is 2.35 bits per heavy atom. The van der Waals surface area contributed by atoms with Crippen molar-refractivity contribution in [2.24, 2.45) is 0 Å². The van der Waals surface area contributed by atoms with E-state index in [0.717, 1.165) is 0 Å². The molecule has 138 valence electrons. The number of para-hydroxylation sites is 1. The number of thioether (sulfide) groups is 1. The number of alkyl halides is 2. The summed E-state index contributed by atoms with van der Waals surface area (Å²) in [6.07, 6.45) is -0.865. The van der Waals surface area contributed by atoms with Crippen LogP contribution in [0.1, 0.15) is 6.92 Å². The number of halogens is 2. The zero-order valence-corrected chi connectivity index (χ0v) is 14.7. The van der Waals surface area contributed by atoms with Crippen LogP contribution < -0.4 is 10.1 Å². The summed E-state index contributed by atoms with van der Waals surface area (Å²) in [5.41, 5.74) is 0.415. The largest absolute Gasteiger partial charge is 0.479 e. The second kappa shape index (κ2) is 9.76. The van der Waals surface area contributed by atoms with Crippen LogP contribution in [0, 0.1) is 0 Å². The lowest BCUT2D eigenvalue weighted by atomic mass is 10.3. The van der Waals surface area contributed by atoms with E-state index < -0.39 is 30.3 Å². The third kappa shape index (κ3) is 6.72. The predicted molar refractivity (Wildman–Crippen MR) is 94.4 cm³/mol. The van der Waals surface area contributed by atoms with E-state index >= 15 is 0 Å². The summed E-state index contributed by atoms with van der Waals surface area (Å²) in [5, 5.41) is 2.51. The smallest absolute Gasteiger partial charge is 0.347 e. The molecule has 26 heavy (non-hydrogen) atoms. The predicted octanol–water partition coefficient (Wildman–Crippen LogP) is 3.95. The summed E-state index contributed by atoms with van der Waals surface area (Å²) >= 11 is 0.415. The molecule has 0 aliphatic carbocycles. The first-order valence-electron chi connectivity index (χ1n) is 7.67. The molecule has 0 spiro atoms. The molecule has 2 rings (SSSR count). The van der Waals surface area contributed by atoms with Gasteiger partial charge in [-0.15, -0.1) is 0 Å². The van der Waals surface area contributed by atoms with Gasteiger partial charge in [0, 0.05) is 10.6 Å². The fourth-order valence-corrected chi connectivity index (χ4v) is 2.42. The number of rotatable bonds is 8. The molecule has 2 aromatic rings. The van der Waals surface area contributed by atoms with Crippen molar-refractivity contribution in [3.63, 3.8) is 0 Å². The molecule has 1 N–H and O–H groups in total. The number of hydrogen-bond donors (Lipinski definition) is 1. The van der Waals surface area contributed by atoms with Crippen LogP contribution >= 0.6 is 11.8 Å². The van der Waals surface area contributed by atoms with Crippen LogP contribution in [0.3, 0.4) is 0 Å². The molecule has 0 bridgehead atoms. The van der Waals surface area contributed by atoms with Gasteiger partial charge < -0.3 is 14.8 Å². The third-order valence-electron chi connectivity index (χ3n) is 3.10. The molecule has 1 unspecified atom stereocenters. The van der Waals surface area contributed by atoms with Crippen LogP contribution in [-0.4, -0.2) is 30.3 Å². The second-order valence-electron chi connectivity index (χ2n) is 5.13. The van der Waals surface area contributed by atoms with Gasteiger partial charge in [0.1, 0.15) is 5.75 Å². The van der Waals surface area contributed by atoms with Crippen LogP contribution in [0.25, 0.3) is 0 Å². The maximum atomic E-state index is 12.2. The van der Waals surface area contributed by atoms with E-state index in [1.165, 1.54) is 31.2 Å². The molecule has 0 aliphatic rings. The van der Waals surface area contributed by atoms with Crippen molar-refractivity contribution in [1.82, 2.24) is 0 Å². The molecule has 2 aromatic carbocycles. The van der Waals surface area contributed by atoms with Gasteiger partial charge in [0.05, 0.1) is 0 Å². The Labute approximate surface area is 153 Å². The Bertz CT molecular complexity index is 726. The number of hydrogen-bond acceptors (Lipinski definition) is 5. The summed E-state index contributed by atoms with van der Waals surface area (Å²) in [6.45, 7) is 1.04. The average Bonchev–Trinajstić information content (AvgIpc) is 2.61. The van der Waals surface area contributed by atoms with Gasteiger partial charge in [-0.1, -0.05) is 30.0 Å². The van der Waals surface area contributed by atoms with Crippen LogP contribution in [0.2, 0.25) is 0 Å². The zero-order chi connectivity index (χ0) is 18.9. The Morgan fingerprint density at radius 2 is 1.73 bits per heavy atom. The fourth-order valence-electron chi connectivity index (χ4n) is 1.92. The van der Waals surface area contributed by atoms with E-state index in [0.29, 0.717) is 28.1 Å². The van der Waals surface area contributed by atoms with Crippen molar-refractivity contribution in [3.05, 3.63) is 54.6 Å². The Morgan fingerprint density at radius 1 is 1.08 bits per heavy atom. The first-order chi connectivity index (χ1) is 12.4. The van der Waals surface area contributed by atoms with Crippen LogP contribution in [0.4, 0.5) is 14.5 Å². The van der Waals surface area contributed by atoms with Gasteiger partial charge in [0.25, 0.3) is 11.7 Å². The lowest BCUT2D eigenvalue weighted by Gasteiger charge is -2.14. The maximum Gasteiger partial charge on any atom is 0.347 e. The molecule has 0 aliphatic heterocycles. The van der Waals surface area contributed by atoms with Gasteiger partial charge in [0.2, 0.25) is 0 Å². The topological polar surface area (TPSA) is 64.6 Å². The van der Waals surface area contributed by atoms with E-state index in [-0.39, 0.29) is 0 Å². The summed E-state index contributed by atoms with van der Waals surface area (Å²) in [5.74, 6) is -3.20. The van der Waals surface area contributed by atoms with E-state index in [4.69, 9.17) is 9.47 Å². The van der Waals surface area contributed by atoms with Crippen molar-refractivity contribution in [3.8, 4) is 5.75 Å². The van der Waals surface area contributed by atoms with E-state index in [1.54, 1.807) is 24.3 Å². The second-order valence-corrected chi connectivity index (χ2v) is 6.20. The lowest BCUT2D eigenvalue weighted by molar-refractivity contribution is -0.153. The Kier molecular flexibility index (Phi) is 7.40. The number of nitrogens with one attached hydrogen (secondary N) is 1. The van der Waals surface area contributed by atoms with Gasteiger partial charge in [0.15, 0.2) is 12.7 Å². The van der Waals surface area contributed by atoms with Crippen LogP contribution in [0.5, 0.6) is 5.75 Å². The highest BCUT2D eigenvalue weighted by Crippen LogP contribution is 2.26. The van der Waals surface area contributed by atoms with Gasteiger partial charge in [-0.05, 0) is 43.3 Å². The number of esters is 1. The SMILES string of the molecule is CC(Oc1ccccc1)C(=O)OCC(=O)Nc1ccc(SC(F)F)cc1. The molecule has 1 atom stereocenters. The quantitative estimate of drug-likeness (QED) is 0.554. The summed E-state index contributed by atoms with van der Waals surface area (Å²) in [4.78, 5) is 24.0. The average molecular weight is 381 g/mol. The first-order valence-corrected chi connectivity index (χ1v) is 8.55. The van der Waals surface area contributed by atoms with Gasteiger partial charge in [-0.2, -0.15) is 8.78 Å². The van der Waals surface area contributed by atoms with Crippen molar-refractivity contribution in [2.45, 2.75) is 23.7 Å². The fraction of sp³-hybridized carbons (Fsp3) is 0.222. The summed E-state index contributed by atoms with van der Waals surface area (Å²) in [7, 11) is 0. The van der Waals surface area contributed by atoms with E-state index in [2.05, 4.69) is 5.32 Å². The minimum Gasteiger partial charge on any atom is -0.479 e. The molecule has 0 saturated carbocycles. The number of carbonyl (C=O) groups excluding carboxylic acids is 2. The third-order valence-corrected chi connectivity index (χ3v) is 3.82. The number of ether oxygens (including phenoxy) is 2. The number of benzene rings is 2.